The van der Waals surface area contributed by atoms with Gasteiger partial charge in [-0.05, 0) is 151 Å². The van der Waals surface area contributed by atoms with Gasteiger partial charge in [0.25, 0.3) is 0 Å². The topological polar surface area (TPSA) is 51.6 Å². The Hall–Kier alpha value is -8.08. The number of rotatable bonds is 7. The molecule has 4 heterocycles. The van der Waals surface area contributed by atoms with Gasteiger partial charge in [0, 0.05) is 47.0 Å². The molecule has 0 saturated carbocycles. The van der Waals surface area contributed by atoms with Gasteiger partial charge in [0.05, 0.1) is 22.8 Å². The molecule has 7 aromatic carbocycles. The quantitative estimate of drug-likeness (QED) is 0.152. The van der Waals surface area contributed by atoms with E-state index in [1.54, 1.807) is 24.8 Å². The number of benzene rings is 7. The maximum Gasteiger partial charge on any atom is 0.0710 e. The molecule has 11 rings (SSSR count). The molecular formula is C56H36N4. The molecule has 0 bridgehead atoms. The van der Waals surface area contributed by atoms with E-state index in [2.05, 4.69) is 168 Å². The van der Waals surface area contributed by atoms with E-state index in [-0.39, 0.29) is 0 Å². The summed E-state index contributed by atoms with van der Waals surface area (Å²) in [5.41, 5.74) is 14.7. The Morgan fingerprint density at radius 3 is 0.983 bits per heavy atom. The van der Waals surface area contributed by atoms with Gasteiger partial charge in [0.2, 0.25) is 0 Å². The number of hydrogen-bond donors (Lipinski definition) is 0. The van der Waals surface area contributed by atoms with E-state index in [9.17, 15) is 0 Å². The highest BCUT2D eigenvalue weighted by molar-refractivity contribution is 6.25. The minimum absolute atomic E-state index is 0.918. The molecule has 0 unspecified atom stereocenters. The highest BCUT2D eigenvalue weighted by Crippen LogP contribution is 2.40. The van der Waals surface area contributed by atoms with Crippen molar-refractivity contribution in [3.63, 3.8) is 0 Å². The minimum Gasteiger partial charge on any atom is -0.265 e. The summed E-state index contributed by atoms with van der Waals surface area (Å²) in [5, 5.41) is 7.57. The van der Waals surface area contributed by atoms with Gasteiger partial charge in [0.1, 0.15) is 0 Å². The normalized spacial score (nSPS) is 11.3. The van der Waals surface area contributed by atoms with Crippen LogP contribution >= 0.6 is 0 Å². The summed E-state index contributed by atoms with van der Waals surface area (Å²) in [4.78, 5) is 18.6. The lowest BCUT2D eigenvalue weighted by atomic mass is 9.89. The van der Waals surface area contributed by atoms with Crippen LogP contribution in [0.1, 0.15) is 0 Å². The van der Waals surface area contributed by atoms with Gasteiger partial charge in [-0.3, -0.25) is 9.97 Å². The summed E-state index contributed by atoms with van der Waals surface area (Å²) in [6.07, 6.45) is 7.23. The van der Waals surface area contributed by atoms with E-state index in [0.29, 0.717) is 0 Å². The van der Waals surface area contributed by atoms with E-state index in [4.69, 9.17) is 9.97 Å². The van der Waals surface area contributed by atoms with Crippen molar-refractivity contribution in [2.75, 3.05) is 0 Å². The lowest BCUT2D eigenvalue weighted by molar-refractivity contribution is 1.29. The van der Waals surface area contributed by atoms with Gasteiger partial charge in [-0.2, -0.15) is 0 Å². The summed E-state index contributed by atoms with van der Waals surface area (Å²) in [6.45, 7) is 0. The summed E-state index contributed by atoms with van der Waals surface area (Å²) < 4.78 is 0. The van der Waals surface area contributed by atoms with Crippen LogP contribution in [-0.2, 0) is 0 Å². The molecule has 0 N–H and O–H groups in total. The molecule has 0 aliphatic carbocycles. The van der Waals surface area contributed by atoms with Crippen molar-refractivity contribution in [2.24, 2.45) is 0 Å². The molecule has 0 aliphatic heterocycles. The second-order valence-electron chi connectivity index (χ2n) is 15.1. The summed E-state index contributed by atoms with van der Waals surface area (Å²) in [5.74, 6) is 0. The molecule has 0 amide bonds. The first-order valence-corrected chi connectivity index (χ1v) is 20.2. The number of hydrogen-bond acceptors (Lipinski definition) is 4. The van der Waals surface area contributed by atoms with Crippen molar-refractivity contribution in [3.8, 4) is 78.4 Å². The van der Waals surface area contributed by atoms with Gasteiger partial charge < -0.3 is 0 Å². The SMILES string of the molecule is c1cc(-c2cc(-c3cccc(-c4cccc(-c5ccncc5)n4)c3)cc(-c3ccc4c5ccccc5c5ccccc5c4c3)c2)cc(-c2cccc(-c3ccncc3)n2)c1. The van der Waals surface area contributed by atoms with Crippen LogP contribution in [0.2, 0.25) is 0 Å². The standard InChI is InChI=1S/C56H36N4/c1-2-15-49-47(13-1)48-14-3-4-16-50(48)52-36-41(21-22-51(49)52)46-34-44(39-9-5-11-42(31-39)55-19-7-17-53(59-55)37-23-27-57-28-24-37)33-45(35-46)40-10-6-12-43(32-40)56-20-8-18-54(60-56)38-25-29-58-30-26-38/h1-36H. The Bertz CT molecular complexity index is 3200. The third-order valence-corrected chi connectivity index (χ3v) is 11.4. The molecule has 0 atom stereocenters. The van der Waals surface area contributed by atoms with E-state index < -0.39 is 0 Å². The van der Waals surface area contributed by atoms with E-state index in [1.807, 2.05) is 36.4 Å². The number of fused-ring (bicyclic) bond motifs is 6. The number of aromatic nitrogens is 4. The summed E-state index contributed by atoms with van der Waals surface area (Å²) in [7, 11) is 0. The summed E-state index contributed by atoms with van der Waals surface area (Å²) in [6, 6.07) is 69.3. The average molecular weight is 765 g/mol. The van der Waals surface area contributed by atoms with Crippen molar-refractivity contribution >= 4 is 32.3 Å². The molecule has 0 aliphatic rings. The van der Waals surface area contributed by atoms with Gasteiger partial charge in [0.15, 0.2) is 0 Å². The maximum absolute atomic E-state index is 5.08. The fourth-order valence-corrected chi connectivity index (χ4v) is 8.49. The fraction of sp³-hybridized carbons (Fsp3) is 0. The van der Waals surface area contributed by atoms with Gasteiger partial charge in [-0.1, -0.05) is 109 Å². The summed E-state index contributed by atoms with van der Waals surface area (Å²) >= 11 is 0. The van der Waals surface area contributed by atoms with Crippen LogP contribution < -0.4 is 0 Å². The number of pyridine rings is 4. The molecule has 0 saturated heterocycles. The molecule has 60 heavy (non-hydrogen) atoms. The van der Waals surface area contributed by atoms with Crippen molar-refractivity contribution in [3.05, 3.63) is 219 Å². The van der Waals surface area contributed by atoms with Gasteiger partial charge in [-0.15, -0.1) is 0 Å². The Morgan fingerprint density at radius 1 is 0.200 bits per heavy atom. The van der Waals surface area contributed by atoms with Crippen molar-refractivity contribution < 1.29 is 0 Å². The third-order valence-electron chi connectivity index (χ3n) is 11.4. The molecule has 11 aromatic rings. The Morgan fingerprint density at radius 2 is 0.533 bits per heavy atom. The van der Waals surface area contributed by atoms with E-state index >= 15 is 0 Å². The largest absolute Gasteiger partial charge is 0.265 e. The van der Waals surface area contributed by atoms with Crippen LogP contribution in [0.15, 0.2) is 219 Å². The zero-order valence-electron chi connectivity index (χ0n) is 32.6. The Kier molecular flexibility index (Phi) is 8.79. The molecular weight excluding hydrogens is 729 g/mol. The molecule has 4 nitrogen and oxygen atoms in total. The lowest BCUT2D eigenvalue weighted by Crippen LogP contribution is -1.91. The van der Waals surface area contributed by atoms with Crippen LogP contribution in [0.3, 0.4) is 0 Å². The second kappa shape index (κ2) is 15.0. The molecule has 280 valence electrons. The van der Waals surface area contributed by atoms with Crippen molar-refractivity contribution in [1.82, 2.24) is 19.9 Å². The highest BCUT2D eigenvalue weighted by atomic mass is 14.7. The molecule has 0 fully saturated rings. The molecule has 4 heteroatoms. The third kappa shape index (κ3) is 6.56. The lowest BCUT2D eigenvalue weighted by Gasteiger charge is -2.15. The van der Waals surface area contributed by atoms with Crippen LogP contribution in [0.5, 0.6) is 0 Å². The Labute approximate surface area is 348 Å². The van der Waals surface area contributed by atoms with Crippen molar-refractivity contribution in [2.45, 2.75) is 0 Å². The monoisotopic (exact) mass is 764 g/mol. The highest BCUT2D eigenvalue weighted by Gasteiger charge is 2.14. The molecule has 0 spiro atoms. The predicted octanol–water partition coefficient (Wildman–Crippen LogP) is 14.4. The first-order valence-electron chi connectivity index (χ1n) is 20.2. The van der Waals surface area contributed by atoms with Gasteiger partial charge >= 0.3 is 0 Å². The predicted molar refractivity (Wildman–Crippen MR) is 248 cm³/mol. The zero-order chi connectivity index (χ0) is 39.8. The molecule has 0 radical (unpaired) electrons. The van der Waals surface area contributed by atoms with Crippen molar-refractivity contribution in [1.29, 1.82) is 0 Å². The van der Waals surface area contributed by atoms with Crippen LogP contribution in [0.4, 0.5) is 0 Å². The van der Waals surface area contributed by atoms with Crippen LogP contribution in [0.25, 0.3) is 111 Å². The first kappa shape index (κ1) is 35.1. The minimum atomic E-state index is 0.918. The zero-order valence-corrected chi connectivity index (χ0v) is 32.6. The number of nitrogens with zero attached hydrogens (tertiary/aromatic N) is 4. The van der Waals surface area contributed by atoms with E-state index in [0.717, 1.165) is 78.4 Å². The van der Waals surface area contributed by atoms with E-state index in [1.165, 1.54) is 32.3 Å². The smallest absolute Gasteiger partial charge is 0.0710 e. The van der Waals surface area contributed by atoms with Crippen LogP contribution in [0, 0.1) is 0 Å². The van der Waals surface area contributed by atoms with Crippen LogP contribution in [-0.4, -0.2) is 19.9 Å². The molecule has 4 aromatic heterocycles. The van der Waals surface area contributed by atoms with Gasteiger partial charge in [-0.25, -0.2) is 9.97 Å². The maximum atomic E-state index is 5.08. The second-order valence-corrected chi connectivity index (χ2v) is 15.1. The first-order chi connectivity index (χ1) is 29.7. The Balaban J connectivity index is 1.07. The average Bonchev–Trinajstić information content (AvgIpc) is 3.34. The fourth-order valence-electron chi connectivity index (χ4n) is 8.49.